The van der Waals surface area contributed by atoms with Crippen LogP contribution in [0.3, 0.4) is 0 Å². The van der Waals surface area contributed by atoms with Gasteiger partial charge in [0.1, 0.15) is 11.5 Å². The van der Waals surface area contributed by atoms with Gasteiger partial charge in [-0.2, -0.15) is 5.10 Å². The van der Waals surface area contributed by atoms with Crippen molar-refractivity contribution < 1.29 is 14.6 Å². The lowest BCUT2D eigenvalue weighted by atomic mass is 10.1. The standard InChI is InChI=1S/C17H18N2O3/c1-12-7-8-15(9-13(12)2)22-11-17(21)19-18-10-14-5-3-4-6-16(14)20/h3-10,20H,11H2,1-2H3,(H,19,21). The van der Waals surface area contributed by atoms with Gasteiger partial charge in [0.15, 0.2) is 6.61 Å². The zero-order valence-electron chi connectivity index (χ0n) is 12.5. The molecular formula is C17H18N2O3. The van der Waals surface area contributed by atoms with Crippen LogP contribution in [0.2, 0.25) is 0 Å². The molecule has 0 spiro atoms. The van der Waals surface area contributed by atoms with E-state index in [1.54, 1.807) is 24.3 Å². The first-order valence-electron chi connectivity index (χ1n) is 6.86. The van der Waals surface area contributed by atoms with Gasteiger partial charge < -0.3 is 9.84 Å². The molecule has 5 nitrogen and oxygen atoms in total. The van der Waals surface area contributed by atoms with E-state index in [1.165, 1.54) is 11.8 Å². The summed E-state index contributed by atoms with van der Waals surface area (Å²) in [7, 11) is 0. The summed E-state index contributed by atoms with van der Waals surface area (Å²) in [6.45, 7) is 3.87. The third kappa shape index (κ3) is 4.34. The molecule has 0 aliphatic heterocycles. The first-order valence-corrected chi connectivity index (χ1v) is 6.86. The van der Waals surface area contributed by atoms with Gasteiger partial charge in [-0.3, -0.25) is 4.79 Å². The number of carbonyl (C=O) groups is 1. The van der Waals surface area contributed by atoms with Gasteiger partial charge in [-0.25, -0.2) is 5.43 Å². The topological polar surface area (TPSA) is 70.9 Å². The van der Waals surface area contributed by atoms with E-state index in [1.807, 2.05) is 32.0 Å². The summed E-state index contributed by atoms with van der Waals surface area (Å²) in [5, 5.41) is 13.3. The number of hydrogen-bond acceptors (Lipinski definition) is 4. The highest BCUT2D eigenvalue weighted by molar-refractivity contribution is 5.85. The number of benzene rings is 2. The second kappa shape index (κ2) is 7.26. The van der Waals surface area contributed by atoms with Gasteiger partial charge in [0, 0.05) is 5.56 Å². The lowest BCUT2D eigenvalue weighted by Crippen LogP contribution is -2.24. The van der Waals surface area contributed by atoms with E-state index in [0.717, 1.165) is 5.56 Å². The summed E-state index contributed by atoms with van der Waals surface area (Å²) in [6.07, 6.45) is 1.38. The van der Waals surface area contributed by atoms with Crippen LogP contribution in [0.25, 0.3) is 0 Å². The molecule has 0 fully saturated rings. The van der Waals surface area contributed by atoms with Gasteiger partial charge in [-0.1, -0.05) is 18.2 Å². The monoisotopic (exact) mass is 298 g/mol. The van der Waals surface area contributed by atoms with Crippen LogP contribution >= 0.6 is 0 Å². The number of aryl methyl sites for hydroxylation is 2. The van der Waals surface area contributed by atoms with Crippen molar-refractivity contribution in [3.8, 4) is 11.5 Å². The minimum absolute atomic E-state index is 0.104. The first-order chi connectivity index (χ1) is 10.6. The van der Waals surface area contributed by atoms with E-state index in [9.17, 15) is 9.90 Å². The van der Waals surface area contributed by atoms with Crippen LogP contribution in [0.1, 0.15) is 16.7 Å². The van der Waals surface area contributed by atoms with E-state index in [0.29, 0.717) is 11.3 Å². The summed E-state index contributed by atoms with van der Waals surface area (Å²) < 4.78 is 5.39. The average Bonchev–Trinajstić information content (AvgIpc) is 2.50. The van der Waals surface area contributed by atoms with E-state index < -0.39 is 0 Å². The molecule has 0 atom stereocenters. The number of hydrazone groups is 1. The van der Waals surface area contributed by atoms with Gasteiger partial charge in [-0.15, -0.1) is 0 Å². The highest BCUT2D eigenvalue weighted by Crippen LogP contribution is 2.16. The Bertz CT molecular complexity index is 696. The van der Waals surface area contributed by atoms with Crippen molar-refractivity contribution in [2.75, 3.05) is 6.61 Å². The highest BCUT2D eigenvalue weighted by atomic mass is 16.5. The summed E-state index contributed by atoms with van der Waals surface area (Å²) in [6, 6.07) is 12.4. The largest absolute Gasteiger partial charge is 0.507 e. The predicted molar refractivity (Wildman–Crippen MR) is 85.3 cm³/mol. The Morgan fingerprint density at radius 1 is 1.23 bits per heavy atom. The summed E-state index contributed by atoms with van der Waals surface area (Å²) in [5.41, 5.74) is 5.15. The number of hydrogen-bond donors (Lipinski definition) is 2. The summed E-state index contributed by atoms with van der Waals surface area (Å²) in [4.78, 5) is 11.6. The maximum absolute atomic E-state index is 11.6. The Morgan fingerprint density at radius 3 is 2.73 bits per heavy atom. The van der Waals surface area contributed by atoms with Crippen molar-refractivity contribution in [3.63, 3.8) is 0 Å². The Morgan fingerprint density at radius 2 is 2.00 bits per heavy atom. The fourth-order valence-electron chi connectivity index (χ4n) is 1.76. The predicted octanol–water partition coefficient (Wildman–Crippen LogP) is 2.54. The Balaban J connectivity index is 1.83. The Labute approximate surface area is 129 Å². The fraction of sp³-hybridized carbons (Fsp3) is 0.176. The summed E-state index contributed by atoms with van der Waals surface area (Å²) in [5.74, 6) is 0.375. The highest BCUT2D eigenvalue weighted by Gasteiger charge is 2.03. The molecule has 114 valence electrons. The number of ether oxygens (including phenoxy) is 1. The molecule has 1 amide bonds. The van der Waals surface area contributed by atoms with Crippen molar-refractivity contribution in [1.29, 1.82) is 0 Å². The molecule has 0 aromatic heterocycles. The average molecular weight is 298 g/mol. The van der Waals surface area contributed by atoms with Crippen LogP contribution in [-0.2, 0) is 4.79 Å². The molecule has 2 rings (SSSR count). The minimum Gasteiger partial charge on any atom is -0.507 e. The number of nitrogens with zero attached hydrogens (tertiary/aromatic N) is 1. The van der Waals surface area contributed by atoms with Crippen molar-refractivity contribution in [2.24, 2.45) is 5.10 Å². The molecule has 2 aromatic carbocycles. The number of aromatic hydroxyl groups is 1. The Kier molecular flexibility index (Phi) is 5.14. The molecule has 2 N–H and O–H groups in total. The number of phenols is 1. The van der Waals surface area contributed by atoms with Crippen molar-refractivity contribution in [1.82, 2.24) is 5.43 Å². The van der Waals surface area contributed by atoms with E-state index in [2.05, 4.69) is 10.5 Å². The van der Waals surface area contributed by atoms with Gasteiger partial charge in [0.25, 0.3) is 5.91 Å². The smallest absolute Gasteiger partial charge is 0.277 e. The van der Waals surface area contributed by atoms with Crippen molar-refractivity contribution in [2.45, 2.75) is 13.8 Å². The number of nitrogens with one attached hydrogen (secondary N) is 1. The molecule has 0 bridgehead atoms. The number of phenolic OH excluding ortho intramolecular Hbond substituents is 1. The van der Waals surface area contributed by atoms with Gasteiger partial charge >= 0.3 is 0 Å². The third-order valence-electron chi connectivity index (χ3n) is 3.18. The zero-order chi connectivity index (χ0) is 15.9. The molecule has 0 radical (unpaired) electrons. The molecule has 0 unspecified atom stereocenters. The molecule has 5 heteroatoms. The maximum atomic E-state index is 11.6. The zero-order valence-corrected chi connectivity index (χ0v) is 12.5. The lowest BCUT2D eigenvalue weighted by molar-refractivity contribution is -0.123. The quantitative estimate of drug-likeness (QED) is 0.658. The first kappa shape index (κ1) is 15.6. The second-order valence-corrected chi connectivity index (χ2v) is 4.89. The molecular weight excluding hydrogens is 280 g/mol. The van der Waals surface area contributed by atoms with E-state index >= 15 is 0 Å². The van der Waals surface area contributed by atoms with Gasteiger partial charge in [0.2, 0.25) is 0 Å². The molecule has 0 saturated carbocycles. The third-order valence-corrected chi connectivity index (χ3v) is 3.18. The number of rotatable bonds is 5. The van der Waals surface area contributed by atoms with Gasteiger partial charge in [0.05, 0.1) is 6.21 Å². The lowest BCUT2D eigenvalue weighted by Gasteiger charge is -2.07. The SMILES string of the molecule is Cc1ccc(OCC(=O)NN=Cc2ccccc2O)cc1C. The number of para-hydroxylation sites is 1. The van der Waals surface area contributed by atoms with Crippen molar-refractivity contribution >= 4 is 12.1 Å². The van der Waals surface area contributed by atoms with Crippen LogP contribution in [0.15, 0.2) is 47.6 Å². The molecule has 0 aliphatic carbocycles. The minimum atomic E-state index is -0.370. The summed E-state index contributed by atoms with van der Waals surface area (Å²) >= 11 is 0. The number of carbonyl (C=O) groups excluding carboxylic acids is 1. The molecule has 22 heavy (non-hydrogen) atoms. The maximum Gasteiger partial charge on any atom is 0.277 e. The molecule has 0 aliphatic rings. The van der Waals surface area contributed by atoms with Crippen LogP contribution in [0, 0.1) is 13.8 Å². The fourth-order valence-corrected chi connectivity index (χ4v) is 1.76. The molecule has 2 aromatic rings. The molecule has 0 saturated heterocycles. The van der Waals surface area contributed by atoms with E-state index in [4.69, 9.17) is 4.74 Å². The van der Waals surface area contributed by atoms with E-state index in [-0.39, 0.29) is 18.3 Å². The van der Waals surface area contributed by atoms with Crippen LogP contribution < -0.4 is 10.2 Å². The second-order valence-electron chi connectivity index (χ2n) is 4.89. The van der Waals surface area contributed by atoms with Crippen LogP contribution in [-0.4, -0.2) is 23.8 Å². The Hall–Kier alpha value is -2.82. The van der Waals surface area contributed by atoms with Gasteiger partial charge in [-0.05, 0) is 49.2 Å². The number of amides is 1. The van der Waals surface area contributed by atoms with Crippen molar-refractivity contribution in [3.05, 3.63) is 59.2 Å². The van der Waals surface area contributed by atoms with Crippen LogP contribution in [0.4, 0.5) is 0 Å². The normalized spacial score (nSPS) is 10.6. The van der Waals surface area contributed by atoms with Crippen LogP contribution in [0.5, 0.6) is 11.5 Å². The molecule has 0 heterocycles.